The number of anilines is 1. The first-order valence-electron chi connectivity index (χ1n) is 5.66. The van der Waals surface area contributed by atoms with Crippen molar-refractivity contribution in [2.75, 3.05) is 16.6 Å². The van der Waals surface area contributed by atoms with Gasteiger partial charge in [0.1, 0.15) is 0 Å². The maximum Gasteiger partial charge on any atom is 0.311 e. The van der Waals surface area contributed by atoms with Crippen molar-refractivity contribution in [3.05, 3.63) is 29.8 Å². The summed E-state index contributed by atoms with van der Waals surface area (Å²) in [6.07, 6.45) is 0.205. The lowest BCUT2D eigenvalue weighted by Gasteiger charge is -2.32. The number of carboxylic acids is 1. The van der Waals surface area contributed by atoms with Crippen LogP contribution in [0.3, 0.4) is 0 Å². The second-order valence-corrected chi connectivity index (χ2v) is 6.12. The van der Waals surface area contributed by atoms with Crippen molar-refractivity contribution in [1.82, 2.24) is 0 Å². The lowest BCUT2D eigenvalue weighted by atomic mass is 9.91. The van der Waals surface area contributed by atoms with Gasteiger partial charge in [-0.15, -0.1) is 0 Å². The summed E-state index contributed by atoms with van der Waals surface area (Å²) in [6.45, 7) is 0.0813. The summed E-state index contributed by atoms with van der Waals surface area (Å²) in [4.78, 5) is 11.2. The Kier molecular flexibility index (Phi) is 3.44. The van der Waals surface area contributed by atoms with Gasteiger partial charge in [0.05, 0.1) is 17.7 Å². The van der Waals surface area contributed by atoms with E-state index in [2.05, 4.69) is 0 Å². The van der Waals surface area contributed by atoms with Crippen LogP contribution in [0.1, 0.15) is 17.9 Å². The van der Waals surface area contributed by atoms with Crippen LogP contribution in [0.15, 0.2) is 24.3 Å². The molecular formula is C12H12N2O4S. The van der Waals surface area contributed by atoms with Gasteiger partial charge in [-0.1, -0.05) is 18.2 Å². The molecule has 1 heterocycles. The SMILES string of the molecule is N#CCS(=O)(=O)N1CCC(C(=O)O)c2ccccc21. The summed E-state index contributed by atoms with van der Waals surface area (Å²) < 4.78 is 25.1. The zero-order valence-corrected chi connectivity index (χ0v) is 10.8. The molecule has 19 heavy (non-hydrogen) atoms. The number of carboxylic acid groups (broad SMARTS) is 1. The Bertz CT molecular complexity index is 648. The average molecular weight is 280 g/mol. The molecule has 0 saturated carbocycles. The fraction of sp³-hybridized carbons (Fsp3) is 0.333. The number of fused-ring (bicyclic) bond motifs is 1. The number of nitrogens with zero attached hydrogens (tertiary/aromatic N) is 2. The first-order chi connectivity index (χ1) is 8.97. The number of sulfonamides is 1. The van der Waals surface area contributed by atoms with Crippen LogP contribution in [0.25, 0.3) is 0 Å². The highest BCUT2D eigenvalue weighted by molar-refractivity contribution is 7.93. The van der Waals surface area contributed by atoms with Gasteiger partial charge in [-0.25, -0.2) is 8.42 Å². The Morgan fingerprint density at radius 2 is 2.16 bits per heavy atom. The molecule has 6 nitrogen and oxygen atoms in total. The smallest absolute Gasteiger partial charge is 0.311 e. The number of nitriles is 1. The predicted molar refractivity (Wildman–Crippen MR) is 68.2 cm³/mol. The van der Waals surface area contributed by atoms with Gasteiger partial charge in [-0.3, -0.25) is 9.10 Å². The summed E-state index contributed by atoms with van der Waals surface area (Å²) >= 11 is 0. The van der Waals surface area contributed by atoms with E-state index in [1.54, 1.807) is 30.3 Å². The topological polar surface area (TPSA) is 98.5 Å². The number of carbonyl (C=O) groups is 1. The normalized spacial score (nSPS) is 18.5. The molecule has 1 aromatic carbocycles. The third-order valence-corrected chi connectivity index (χ3v) is 4.63. The van der Waals surface area contributed by atoms with Crippen molar-refractivity contribution < 1.29 is 18.3 Å². The van der Waals surface area contributed by atoms with E-state index in [9.17, 15) is 13.2 Å². The van der Waals surface area contributed by atoms with Crippen LogP contribution >= 0.6 is 0 Å². The fourth-order valence-corrected chi connectivity index (χ4v) is 3.41. The molecule has 1 unspecified atom stereocenters. The molecular weight excluding hydrogens is 268 g/mol. The quantitative estimate of drug-likeness (QED) is 0.887. The van der Waals surface area contributed by atoms with Crippen LogP contribution in [0.5, 0.6) is 0 Å². The highest BCUT2D eigenvalue weighted by Crippen LogP contribution is 2.36. The van der Waals surface area contributed by atoms with Gasteiger partial charge < -0.3 is 5.11 Å². The van der Waals surface area contributed by atoms with Crippen LogP contribution in [0.4, 0.5) is 5.69 Å². The first kappa shape index (κ1) is 13.4. The zero-order valence-electron chi connectivity index (χ0n) is 9.98. The molecule has 100 valence electrons. The minimum absolute atomic E-state index is 0.0813. The molecule has 0 spiro atoms. The molecule has 1 aliphatic rings. The molecule has 1 aromatic rings. The van der Waals surface area contributed by atoms with Crippen molar-refractivity contribution in [3.8, 4) is 6.07 Å². The largest absolute Gasteiger partial charge is 0.481 e. The molecule has 0 bridgehead atoms. The highest BCUT2D eigenvalue weighted by Gasteiger charge is 2.34. The van der Waals surface area contributed by atoms with Gasteiger partial charge in [0.25, 0.3) is 0 Å². The summed E-state index contributed by atoms with van der Waals surface area (Å²) in [5.41, 5.74) is 0.833. The van der Waals surface area contributed by atoms with Gasteiger partial charge >= 0.3 is 5.97 Å². The van der Waals surface area contributed by atoms with Crippen LogP contribution in [-0.2, 0) is 14.8 Å². The van der Waals surface area contributed by atoms with E-state index in [0.717, 1.165) is 4.31 Å². The van der Waals surface area contributed by atoms with Crippen molar-refractivity contribution in [2.24, 2.45) is 0 Å². The number of hydrogen-bond donors (Lipinski definition) is 1. The monoisotopic (exact) mass is 280 g/mol. The van der Waals surface area contributed by atoms with Gasteiger partial charge in [0, 0.05) is 6.54 Å². The van der Waals surface area contributed by atoms with Gasteiger partial charge in [-0.2, -0.15) is 5.26 Å². The fourth-order valence-electron chi connectivity index (χ4n) is 2.24. The lowest BCUT2D eigenvalue weighted by Crippen LogP contribution is -2.39. The second kappa shape index (κ2) is 4.90. The molecule has 0 fully saturated rings. The van der Waals surface area contributed by atoms with E-state index in [4.69, 9.17) is 10.4 Å². The molecule has 7 heteroatoms. The molecule has 0 aromatic heterocycles. The zero-order chi connectivity index (χ0) is 14.0. The molecule has 1 aliphatic heterocycles. The standard InChI is InChI=1S/C12H12N2O4S/c13-6-8-19(17,18)14-7-5-10(12(15)16)9-3-1-2-4-11(9)14/h1-4,10H,5,7-8H2,(H,15,16). The van der Waals surface area contributed by atoms with E-state index in [0.29, 0.717) is 11.3 Å². The summed E-state index contributed by atoms with van der Waals surface area (Å²) in [5.74, 6) is -2.28. The van der Waals surface area contributed by atoms with Crippen molar-refractivity contribution >= 4 is 21.7 Å². The number of rotatable bonds is 3. The number of hydrogen-bond acceptors (Lipinski definition) is 4. The first-order valence-corrected chi connectivity index (χ1v) is 7.27. The van der Waals surface area contributed by atoms with E-state index >= 15 is 0 Å². The second-order valence-electron chi connectivity index (χ2n) is 4.22. The Morgan fingerprint density at radius 3 is 2.79 bits per heavy atom. The van der Waals surface area contributed by atoms with E-state index in [1.165, 1.54) is 0 Å². The van der Waals surface area contributed by atoms with Crippen LogP contribution in [0.2, 0.25) is 0 Å². The molecule has 0 amide bonds. The maximum atomic E-state index is 12.0. The van der Waals surface area contributed by atoms with Crippen molar-refractivity contribution in [2.45, 2.75) is 12.3 Å². The minimum Gasteiger partial charge on any atom is -0.481 e. The van der Waals surface area contributed by atoms with Crippen molar-refractivity contribution in [3.63, 3.8) is 0 Å². The predicted octanol–water partition coefficient (Wildman–Crippen LogP) is 0.918. The summed E-state index contributed by atoms with van der Waals surface area (Å²) in [6, 6.07) is 8.13. The molecule has 0 aliphatic carbocycles. The van der Waals surface area contributed by atoms with Gasteiger partial charge in [0.15, 0.2) is 5.75 Å². The van der Waals surface area contributed by atoms with Gasteiger partial charge in [-0.05, 0) is 18.1 Å². The third-order valence-electron chi connectivity index (χ3n) is 3.08. The Labute approximate surface area is 110 Å². The van der Waals surface area contributed by atoms with Crippen LogP contribution < -0.4 is 4.31 Å². The highest BCUT2D eigenvalue weighted by atomic mass is 32.2. The van der Waals surface area contributed by atoms with Crippen molar-refractivity contribution in [1.29, 1.82) is 5.26 Å². The molecule has 1 N–H and O–H groups in total. The average Bonchev–Trinajstić information content (AvgIpc) is 2.37. The Balaban J connectivity index is 2.50. The maximum absolute atomic E-state index is 12.0. The lowest BCUT2D eigenvalue weighted by molar-refractivity contribution is -0.139. The summed E-state index contributed by atoms with van der Waals surface area (Å²) in [7, 11) is -3.72. The van der Waals surface area contributed by atoms with Crippen LogP contribution in [0, 0.1) is 11.3 Å². The van der Waals surface area contributed by atoms with E-state index in [1.807, 2.05) is 0 Å². The third kappa shape index (κ3) is 2.39. The minimum atomic E-state index is -3.72. The van der Waals surface area contributed by atoms with Gasteiger partial charge in [0.2, 0.25) is 10.0 Å². The summed E-state index contributed by atoms with van der Waals surface area (Å²) in [5, 5.41) is 17.7. The number of aliphatic carboxylic acids is 1. The number of para-hydroxylation sites is 1. The number of benzene rings is 1. The van der Waals surface area contributed by atoms with E-state index < -0.39 is 27.7 Å². The van der Waals surface area contributed by atoms with E-state index in [-0.39, 0.29) is 13.0 Å². The Morgan fingerprint density at radius 1 is 1.47 bits per heavy atom. The van der Waals surface area contributed by atoms with Crippen LogP contribution in [-0.4, -0.2) is 31.8 Å². The molecule has 0 saturated heterocycles. The molecule has 1 atom stereocenters. The molecule has 0 radical (unpaired) electrons. The Hall–Kier alpha value is -2.07. The molecule has 2 rings (SSSR count).